The van der Waals surface area contributed by atoms with Gasteiger partial charge in [0.1, 0.15) is 5.02 Å². The van der Waals surface area contributed by atoms with E-state index in [4.69, 9.17) is 11.6 Å². The average Bonchev–Trinajstić information content (AvgIpc) is 2.99. The third-order valence-electron chi connectivity index (χ3n) is 6.02. The number of nitrogens with one attached hydrogen (secondary N) is 2. The Labute approximate surface area is 209 Å². The van der Waals surface area contributed by atoms with Crippen molar-refractivity contribution in [2.75, 3.05) is 22.6 Å². The van der Waals surface area contributed by atoms with Crippen LogP contribution in [-0.4, -0.2) is 27.9 Å². The van der Waals surface area contributed by atoms with Crippen LogP contribution in [0.3, 0.4) is 0 Å². The quantitative estimate of drug-likeness (QED) is 0.346. The van der Waals surface area contributed by atoms with E-state index in [0.29, 0.717) is 23.2 Å². The van der Waals surface area contributed by atoms with Crippen molar-refractivity contribution in [1.29, 1.82) is 0 Å². The summed E-state index contributed by atoms with van der Waals surface area (Å²) in [6.45, 7) is 2.04. The molecule has 8 heteroatoms. The fraction of sp³-hybridized carbons (Fsp3) is 0.185. The van der Waals surface area contributed by atoms with Gasteiger partial charge in [-0.25, -0.2) is 4.98 Å². The van der Waals surface area contributed by atoms with Crippen LogP contribution in [0.5, 0.6) is 0 Å². The molecule has 0 unspecified atom stereocenters. The van der Waals surface area contributed by atoms with Gasteiger partial charge in [0.25, 0.3) is 0 Å². The van der Waals surface area contributed by atoms with Crippen molar-refractivity contribution in [2.45, 2.75) is 26.2 Å². The van der Waals surface area contributed by atoms with Gasteiger partial charge < -0.3 is 15.5 Å². The number of aryl methyl sites for hydroxylation is 2. The highest BCUT2D eigenvalue weighted by atomic mass is 35.5. The van der Waals surface area contributed by atoms with Crippen molar-refractivity contribution in [3.63, 3.8) is 0 Å². The zero-order valence-electron chi connectivity index (χ0n) is 19.5. The second-order valence-electron chi connectivity index (χ2n) is 8.55. The fourth-order valence-corrected chi connectivity index (χ4v) is 4.33. The number of rotatable bonds is 5. The van der Waals surface area contributed by atoms with E-state index in [0.717, 1.165) is 52.3 Å². The third kappa shape index (κ3) is 4.95. The maximum atomic E-state index is 12.2. The van der Waals surface area contributed by atoms with E-state index in [9.17, 15) is 4.79 Å². The molecule has 5 rings (SSSR count). The van der Waals surface area contributed by atoms with E-state index in [1.807, 2.05) is 68.6 Å². The summed E-state index contributed by atoms with van der Waals surface area (Å²) >= 11 is 6.45. The van der Waals surface area contributed by atoms with Crippen LogP contribution in [0, 0.1) is 6.92 Å². The number of para-hydroxylation sites is 1. The van der Waals surface area contributed by atoms with E-state index >= 15 is 0 Å². The molecule has 2 N–H and O–H groups in total. The zero-order chi connectivity index (χ0) is 24.4. The third-order valence-corrected chi connectivity index (χ3v) is 6.30. The number of pyridine rings is 1. The molecule has 0 aliphatic carbocycles. The number of fused-ring (bicyclic) bond motifs is 1. The summed E-state index contributed by atoms with van der Waals surface area (Å²) in [4.78, 5) is 27.4. The molecule has 1 amide bonds. The molecule has 35 heavy (non-hydrogen) atoms. The van der Waals surface area contributed by atoms with E-state index in [-0.39, 0.29) is 5.91 Å². The Hall–Kier alpha value is -3.97. The van der Waals surface area contributed by atoms with Crippen molar-refractivity contribution in [2.24, 2.45) is 0 Å². The molecule has 2 aromatic carbocycles. The highest BCUT2D eigenvalue weighted by molar-refractivity contribution is 6.33. The number of halogens is 1. The SMILES string of the molecule is Cc1ccnc(-c2ccccc2Nc2nc(Nc3ccc4c(c3)CCCC(=O)N4C)ncc2Cl)c1. The lowest BCUT2D eigenvalue weighted by Crippen LogP contribution is -2.24. The molecule has 1 aliphatic heterocycles. The molecule has 0 fully saturated rings. The molecule has 3 heterocycles. The van der Waals surface area contributed by atoms with Crippen LogP contribution >= 0.6 is 11.6 Å². The van der Waals surface area contributed by atoms with Crippen molar-refractivity contribution >= 4 is 46.3 Å². The molecule has 0 radical (unpaired) electrons. The lowest BCUT2D eigenvalue weighted by molar-refractivity contribution is -0.118. The molecular weight excluding hydrogens is 460 g/mol. The van der Waals surface area contributed by atoms with Crippen molar-refractivity contribution < 1.29 is 4.79 Å². The van der Waals surface area contributed by atoms with Crippen LogP contribution in [0.1, 0.15) is 24.0 Å². The van der Waals surface area contributed by atoms with Crippen molar-refractivity contribution in [3.8, 4) is 11.3 Å². The second-order valence-corrected chi connectivity index (χ2v) is 8.96. The molecule has 0 bridgehead atoms. The number of hydrogen-bond acceptors (Lipinski definition) is 6. The topological polar surface area (TPSA) is 83.0 Å². The Morgan fingerprint density at radius 1 is 1.00 bits per heavy atom. The standard InChI is InChI=1S/C27H25ClN6O/c1-17-12-13-29-23(14-17)20-7-3-4-8-22(20)32-26-21(28)16-30-27(33-26)31-19-10-11-24-18(15-19)6-5-9-25(35)34(24)2/h3-4,7-8,10-16H,5-6,9H2,1-2H3,(H2,30,31,32,33). The largest absolute Gasteiger partial charge is 0.338 e. The van der Waals surface area contributed by atoms with Crippen molar-refractivity contribution in [3.05, 3.63) is 83.1 Å². The Morgan fingerprint density at radius 2 is 1.86 bits per heavy atom. The van der Waals surface area contributed by atoms with Crippen LogP contribution in [0.4, 0.5) is 28.8 Å². The van der Waals surface area contributed by atoms with Gasteiger partial charge in [-0.3, -0.25) is 9.78 Å². The van der Waals surface area contributed by atoms with Gasteiger partial charge in [0, 0.05) is 42.3 Å². The molecule has 176 valence electrons. The first-order chi connectivity index (χ1) is 17.0. The lowest BCUT2D eigenvalue weighted by atomic mass is 10.1. The summed E-state index contributed by atoms with van der Waals surface area (Å²) in [6, 6.07) is 17.9. The van der Waals surface area contributed by atoms with Gasteiger partial charge in [0.05, 0.1) is 11.9 Å². The first kappa shape index (κ1) is 22.8. The Kier molecular flexibility index (Phi) is 6.33. The predicted molar refractivity (Wildman–Crippen MR) is 141 cm³/mol. The van der Waals surface area contributed by atoms with Crippen LogP contribution < -0.4 is 15.5 Å². The van der Waals surface area contributed by atoms with Gasteiger partial charge >= 0.3 is 0 Å². The maximum absolute atomic E-state index is 12.2. The average molecular weight is 485 g/mol. The summed E-state index contributed by atoms with van der Waals surface area (Å²) in [6.07, 6.45) is 5.61. The Balaban J connectivity index is 1.41. The summed E-state index contributed by atoms with van der Waals surface area (Å²) in [5.74, 6) is 1.05. The minimum Gasteiger partial charge on any atom is -0.338 e. The van der Waals surface area contributed by atoms with Gasteiger partial charge in [-0.15, -0.1) is 0 Å². The van der Waals surface area contributed by atoms with E-state index in [1.165, 1.54) is 0 Å². The van der Waals surface area contributed by atoms with Crippen LogP contribution in [0.25, 0.3) is 11.3 Å². The Morgan fingerprint density at radius 3 is 2.71 bits per heavy atom. The molecule has 2 aromatic heterocycles. The lowest BCUT2D eigenvalue weighted by Gasteiger charge is -2.18. The molecule has 0 saturated carbocycles. The number of hydrogen-bond donors (Lipinski definition) is 2. The molecular formula is C27H25ClN6O. The number of benzene rings is 2. The van der Waals surface area contributed by atoms with Crippen molar-refractivity contribution in [1.82, 2.24) is 15.0 Å². The first-order valence-corrected chi connectivity index (χ1v) is 11.8. The van der Waals surface area contributed by atoms with Gasteiger partial charge in [-0.2, -0.15) is 4.98 Å². The Bertz CT molecular complexity index is 1410. The zero-order valence-corrected chi connectivity index (χ0v) is 20.3. The predicted octanol–water partition coefficient (Wildman–Crippen LogP) is 6.29. The molecule has 1 aliphatic rings. The van der Waals surface area contributed by atoms with Gasteiger partial charge in [0.2, 0.25) is 11.9 Å². The van der Waals surface area contributed by atoms with Crippen LogP contribution in [-0.2, 0) is 11.2 Å². The van der Waals surface area contributed by atoms with E-state index in [1.54, 1.807) is 17.3 Å². The smallest absolute Gasteiger partial charge is 0.229 e. The highest BCUT2D eigenvalue weighted by Gasteiger charge is 2.19. The molecule has 4 aromatic rings. The van der Waals surface area contributed by atoms with E-state index in [2.05, 4.69) is 25.6 Å². The first-order valence-electron chi connectivity index (χ1n) is 11.5. The van der Waals surface area contributed by atoms with E-state index < -0.39 is 0 Å². The molecule has 0 saturated heterocycles. The normalized spacial score (nSPS) is 13.2. The fourth-order valence-electron chi connectivity index (χ4n) is 4.19. The number of carbonyl (C=O) groups excluding carboxylic acids is 1. The summed E-state index contributed by atoms with van der Waals surface area (Å²) in [5, 5.41) is 7.02. The van der Waals surface area contributed by atoms with Crippen LogP contribution in [0.2, 0.25) is 5.02 Å². The number of aromatic nitrogens is 3. The van der Waals surface area contributed by atoms with Gasteiger partial charge in [-0.05, 0) is 67.3 Å². The number of amides is 1. The molecule has 0 atom stereocenters. The highest BCUT2D eigenvalue weighted by Crippen LogP contribution is 2.33. The summed E-state index contributed by atoms with van der Waals surface area (Å²) in [7, 11) is 1.82. The molecule has 7 nitrogen and oxygen atoms in total. The summed E-state index contributed by atoms with van der Waals surface area (Å²) < 4.78 is 0. The number of nitrogens with zero attached hydrogens (tertiary/aromatic N) is 4. The summed E-state index contributed by atoms with van der Waals surface area (Å²) in [5.41, 5.74) is 6.70. The maximum Gasteiger partial charge on any atom is 0.229 e. The minimum atomic E-state index is 0.141. The monoisotopic (exact) mass is 484 g/mol. The minimum absolute atomic E-state index is 0.141. The van der Waals surface area contributed by atoms with Crippen LogP contribution in [0.15, 0.2) is 67.0 Å². The number of carbonyl (C=O) groups is 1. The number of anilines is 5. The molecule has 0 spiro atoms. The van der Waals surface area contributed by atoms with Gasteiger partial charge in [-0.1, -0.05) is 29.8 Å². The second kappa shape index (κ2) is 9.72. The van der Waals surface area contributed by atoms with Gasteiger partial charge in [0.15, 0.2) is 5.82 Å².